The summed E-state index contributed by atoms with van der Waals surface area (Å²) in [6, 6.07) is 19.6. The Morgan fingerprint density at radius 3 is 2.48 bits per heavy atom. The van der Waals surface area contributed by atoms with Crippen molar-refractivity contribution in [2.45, 2.75) is 43.4 Å². The van der Waals surface area contributed by atoms with Crippen LogP contribution in [0, 0.1) is 0 Å². The van der Waals surface area contributed by atoms with Crippen LogP contribution in [0.4, 0.5) is 5.82 Å². The molecule has 0 spiro atoms. The Morgan fingerprint density at radius 2 is 1.62 bits per heavy atom. The van der Waals surface area contributed by atoms with Crippen LogP contribution in [0.1, 0.15) is 34.7 Å². The average molecular weight is 570 g/mol. The SMILES string of the molecule is O=S(=O)(c1cccc2cccnc12)N1CCN(c2nc(CCc3ccccc3)nc3sc4c(c23)CCCC4)CC1. The molecular formula is C31H31N5O2S2. The van der Waals surface area contributed by atoms with Gasteiger partial charge in [-0.15, -0.1) is 11.3 Å². The molecule has 4 heterocycles. The highest BCUT2D eigenvalue weighted by Gasteiger charge is 2.32. The minimum Gasteiger partial charge on any atom is -0.353 e. The maximum Gasteiger partial charge on any atom is 0.245 e. The van der Waals surface area contributed by atoms with E-state index in [0.717, 1.165) is 47.5 Å². The van der Waals surface area contributed by atoms with E-state index < -0.39 is 10.0 Å². The third kappa shape index (κ3) is 4.66. The Morgan fingerprint density at radius 1 is 0.825 bits per heavy atom. The highest BCUT2D eigenvalue weighted by atomic mass is 32.2. The van der Waals surface area contributed by atoms with E-state index in [1.165, 1.54) is 34.2 Å². The number of hydrogen-bond acceptors (Lipinski definition) is 7. The van der Waals surface area contributed by atoms with Crippen LogP contribution in [-0.2, 0) is 35.7 Å². The lowest BCUT2D eigenvalue weighted by molar-refractivity contribution is 0.384. The van der Waals surface area contributed by atoms with Crippen molar-refractivity contribution in [1.29, 1.82) is 0 Å². The molecule has 1 aliphatic heterocycles. The zero-order chi connectivity index (χ0) is 27.1. The van der Waals surface area contributed by atoms with Crippen molar-refractivity contribution in [2.24, 2.45) is 0 Å². The number of aromatic nitrogens is 3. The Bertz CT molecular complexity index is 1790. The number of anilines is 1. The predicted molar refractivity (Wildman–Crippen MR) is 161 cm³/mol. The number of para-hydroxylation sites is 1. The lowest BCUT2D eigenvalue weighted by Gasteiger charge is -2.35. The van der Waals surface area contributed by atoms with Gasteiger partial charge in [-0.1, -0.05) is 48.5 Å². The molecule has 0 amide bonds. The summed E-state index contributed by atoms with van der Waals surface area (Å²) in [6.07, 6.45) is 7.91. The first-order chi connectivity index (χ1) is 19.6. The van der Waals surface area contributed by atoms with E-state index in [1.807, 2.05) is 35.6 Å². The molecule has 7 rings (SSSR count). The van der Waals surface area contributed by atoms with E-state index in [9.17, 15) is 8.42 Å². The number of piperazine rings is 1. The van der Waals surface area contributed by atoms with Crippen molar-refractivity contribution in [3.05, 3.63) is 88.7 Å². The summed E-state index contributed by atoms with van der Waals surface area (Å²) < 4.78 is 29.1. The van der Waals surface area contributed by atoms with E-state index in [4.69, 9.17) is 9.97 Å². The fourth-order valence-corrected chi connectivity index (χ4v) is 8.85. The van der Waals surface area contributed by atoms with Crippen molar-refractivity contribution >= 4 is 48.3 Å². The topological polar surface area (TPSA) is 79.3 Å². The maximum absolute atomic E-state index is 13.7. The molecule has 9 heteroatoms. The van der Waals surface area contributed by atoms with Gasteiger partial charge in [-0.05, 0) is 55.4 Å². The quantitative estimate of drug-likeness (QED) is 0.272. The summed E-state index contributed by atoms with van der Waals surface area (Å²) in [5.74, 6) is 1.85. The number of nitrogens with zero attached hydrogens (tertiary/aromatic N) is 5. The molecule has 0 bridgehead atoms. The van der Waals surface area contributed by atoms with Gasteiger partial charge in [0.1, 0.15) is 21.4 Å². The highest BCUT2D eigenvalue weighted by Crippen LogP contribution is 2.40. The van der Waals surface area contributed by atoms with Gasteiger partial charge < -0.3 is 4.90 Å². The van der Waals surface area contributed by atoms with Gasteiger partial charge in [0.15, 0.2) is 0 Å². The van der Waals surface area contributed by atoms with Gasteiger partial charge in [-0.25, -0.2) is 18.4 Å². The van der Waals surface area contributed by atoms with Crippen LogP contribution >= 0.6 is 11.3 Å². The van der Waals surface area contributed by atoms with Crippen molar-refractivity contribution in [2.75, 3.05) is 31.1 Å². The third-order valence-corrected chi connectivity index (χ3v) is 11.2. The lowest BCUT2D eigenvalue weighted by Crippen LogP contribution is -2.49. The molecule has 0 saturated carbocycles. The summed E-state index contributed by atoms with van der Waals surface area (Å²) in [6.45, 7) is 1.99. The Balaban J connectivity index is 1.19. The number of fused-ring (bicyclic) bond motifs is 4. The first-order valence-electron chi connectivity index (χ1n) is 14.0. The highest BCUT2D eigenvalue weighted by molar-refractivity contribution is 7.89. The van der Waals surface area contributed by atoms with Crippen LogP contribution in [0.5, 0.6) is 0 Å². The summed E-state index contributed by atoms with van der Waals surface area (Å²) in [5.41, 5.74) is 3.21. The zero-order valence-corrected chi connectivity index (χ0v) is 23.9. The monoisotopic (exact) mass is 569 g/mol. The Labute approximate surface area is 238 Å². The minimum atomic E-state index is -3.67. The number of sulfonamides is 1. The molecule has 0 atom stereocenters. The van der Waals surface area contributed by atoms with E-state index in [0.29, 0.717) is 31.7 Å². The molecule has 0 unspecified atom stereocenters. The average Bonchev–Trinajstić information content (AvgIpc) is 3.38. The maximum atomic E-state index is 13.7. The smallest absolute Gasteiger partial charge is 0.245 e. The lowest BCUT2D eigenvalue weighted by atomic mass is 9.97. The predicted octanol–water partition coefficient (Wildman–Crippen LogP) is 5.41. The second-order valence-corrected chi connectivity index (χ2v) is 13.6. The van der Waals surface area contributed by atoms with Crippen molar-refractivity contribution in [3.8, 4) is 0 Å². The summed E-state index contributed by atoms with van der Waals surface area (Å²) in [4.78, 5) is 19.7. The molecule has 1 aliphatic carbocycles. The van der Waals surface area contributed by atoms with E-state index in [1.54, 1.807) is 22.6 Å². The molecule has 3 aromatic heterocycles. The fraction of sp³-hybridized carbons (Fsp3) is 0.323. The largest absolute Gasteiger partial charge is 0.353 e. The van der Waals surface area contributed by atoms with Crippen LogP contribution in [0.3, 0.4) is 0 Å². The molecule has 204 valence electrons. The van der Waals surface area contributed by atoms with E-state index >= 15 is 0 Å². The molecule has 0 radical (unpaired) electrons. The number of rotatable bonds is 6. The Hall–Kier alpha value is -3.40. The normalized spacial score (nSPS) is 16.4. The van der Waals surface area contributed by atoms with Crippen LogP contribution in [-0.4, -0.2) is 53.9 Å². The second-order valence-electron chi connectivity index (χ2n) is 10.6. The van der Waals surface area contributed by atoms with Crippen LogP contribution in [0.15, 0.2) is 71.8 Å². The number of hydrogen-bond donors (Lipinski definition) is 0. The van der Waals surface area contributed by atoms with Crippen molar-refractivity contribution < 1.29 is 8.42 Å². The molecule has 1 fully saturated rings. The molecule has 7 nitrogen and oxygen atoms in total. The molecule has 2 aromatic carbocycles. The van der Waals surface area contributed by atoms with Crippen LogP contribution in [0.25, 0.3) is 21.1 Å². The van der Waals surface area contributed by atoms with Gasteiger partial charge in [0.25, 0.3) is 0 Å². The van der Waals surface area contributed by atoms with Gasteiger partial charge >= 0.3 is 0 Å². The Kier molecular flexibility index (Phi) is 6.73. The van der Waals surface area contributed by atoms with E-state index in [-0.39, 0.29) is 4.90 Å². The summed E-state index contributed by atoms with van der Waals surface area (Å²) in [7, 11) is -3.67. The van der Waals surface area contributed by atoms with Crippen molar-refractivity contribution in [3.63, 3.8) is 0 Å². The molecule has 1 saturated heterocycles. The standard InChI is InChI=1S/C31H31N5O2S2/c37-40(38,26-14-6-10-23-11-7-17-32-29(23)26)36-20-18-35(19-21-36)30-28-24-12-4-5-13-25(24)39-31(28)34-27(33-30)16-15-22-8-2-1-3-9-22/h1-3,6-11,14,17H,4-5,12-13,15-16,18-21H2. The number of aryl methyl sites for hydroxylation is 4. The number of benzene rings is 2. The molecule has 0 N–H and O–H groups in total. The van der Waals surface area contributed by atoms with E-state index in [2.05, 4.69) is 34.1 Å². The van der Waals surface area contributed by atoms with Gasteiger partial charge in [-0.2, -0.15) is 4.31 Å². The molecule has 2 aliphatic rings. The van der Waals surface area contributed by atoms with Crippen LogP contribution < -0.4 is 4.90 Å². The number of thiophene rings is 1. The fourth-order valence-electron chi connectivity index (χ4n) is 5.99. The van der Waals surface area contributed by atoms with Gasteiger partial charge in [0.05, 0.1) is 10.9 Å². The molecular weight excluding hydrogens is 539 g/mol. The van der Waals surface area contributed by atoms with Gasteiger partial charge in [0, 0.05) is 49.1 Å². The first kappa shape index (κ1) is 25.6. The van der Waals surface area contributed by atoms with Gasteiger partial charge in [-0.3, -0.25) is 4.98 Å². The zero-order valence-electron chi connectivity index (χ0n) is 22.3. The van der Waals surface area contributed by atoms with Gasteiger partial charge in [0.2, 0.25) is 10.0 Å². The first-order valence-corrected chi connectivity index (χ1v) is 16.3. The minimum absolute atomic E-state index is 0.276. The summed E-state index contributed by atoms with van der Waals surface area (Å²) >= 11 is 1.83. The van der Waals surface area contributed by atoms with Crippen molar-refractivity contribution in [1.82, 2.24) is 19.3 Å². The molecule has 40 heavy (non-hydrogen) atoms. The summed E-state index contributed by atoms with van der Waals surface area (Å²) in [5, 5.41) is 2.02. The number of pyridine rings is 1. The second kappa shape index (κ2) is 10.5. The van der Waals surface area contributed by atoms with Crippen LogP contribution in [0.2, 0.25) is 0 Å². The molecule has 5 aromatic rings. The third-order valence-electron chi connectivity index (χ3n) is 8.07.